The summed E-state index contributed by atoms with van der Waals surface area (Å²) < 4.78 is 5.11. The maximum atomic E-state index is 5.28. The van der Waals surface area contributed by atoms with Gasteiger partial charge in [-0.25, -0.2) is 5.43 Å². The molecule has 1 unspecified atom stereocenters. The fourth-order valence-electron chi connectivity index (χ4n) is 1.00. The van der Waals surface area contributed by atoms with Crippen LogP contribution in [0.4, 0.5) is 0 Å². The van der Waals surface area contributed by atoms with Crippen LogP contribution in [-0.4, -0.2) is 0 Å². The summed E-state index contributed by atoms with van der Waals surface area (Å²) >= 11 is 0. The Morgan fingerprint density at radius 2 is 2.55 bits per heavy atom. The molecular weight excluding hydrogens is 140 g/mol. The van der Waals surface area contributed by atoms with Gasteiger partial charge in [-0.3, -0.25) is 5.84 Å². The average molecular weight is 152 g/mol. The van der Waals surface area contributed by atoms with Crippen molar-refractivity contribution in [3.8, 4) is 0 Å². The SMILES string of the molecule is C=CC(NN)c1ccoc1C. The summed E-state index contributed by atoms with van der Waals surface area (Å²) in [5, 5.41) is 0. The van der Waals surface area contributed by atoms with Crippen LogP contribution in [0.5, 0.6) is 0 Å². The molecule has 3 heteroatoms. The number of furan rings is 1. The predicted octanol–water partition coefficient (Wildman–Crippen LogP) is 1.28. The van der Waals surface area contributed by atoms with Crippen LogP contribution in [-0.2, 0) is 0 Å². The first-order valence-electron chi connectivity index (χ1n) is 3.42. The van der Waals surface area contributed by atoms with E-state index in [0.717, 1.165) is 11.3 Å². The van der Waals surface area contributed by atoms with Crippen LogP contribution < -0.4 is 11.3 Å². The highest BCUT2D eigenvalue weighted by molar-refractivity contribution is 5.23. The first kappa shape index (κ1) is 8.04. The number of aryl methyl sites for hydroxylation is 1. The Hall–Kier alpha value is -1.06. The highest BCUT2D eigenvalue weighted by Crippen LogP contribution is 2.17. The van der Waals surface area contributed by atoms with E-state index in [4.69, 9.17) is 10.3 Å². The van der Waals surface area contributed by atoms with Gasteiger partial charge in [-0.2, -0.15) is 0 Å². The first-order chi connectivity index (χ1) is 5.29. The van der Waals surface area contributed by atoms with Gasteiger partial charge in [-0.1, -0.05) is 6.08 Å². The molecule has 1 atom stereocenters. The van der Waals surface area contributed by atoms with Crippen LogP contribution in [0.25, 0.3) is 0 Å². The molecule has 1 aromatic heterocycles. The van der Waals surface area contributed by atoms with Crippen molar-refractivity contribution in [2.45, 2.75) is 13.0 Å². The number of nitrogens with one attached hydrogen (secondary N) is 1. The fourth-order valence-corrected chi connectivity index (χ4v) is 1.00. The average Bonchev–Trinajstić information content (AvgIpc) is 2.40. The van der Waals surface area contributed by atoms with Crippen molar-refractivity contribution in [3.05, 3.63) is 36.3 Å². The number of rotatable bonds is 3. The van der Waals surface area contributed by atoms with E-state index in [1.807, 2.05) is 13.0 Å². The Balaban J connectivity index is 2.89. The molecule has 0 bridgehead atoms. The lowest BCUT2D eigenvalue weighted by molar-refractivity contribution is 0.522. The maximum Gasteiger partial charge on any atom is 0.105 e. The number of hydrogen-bond acceptors (Lipinski definition) is 3. The maximum absolute atomic E-state index is 5.28. The van der Waals surface area contributed by atoms with Gasteiger partial charge in [0.2, 0.25) is 0 Å². The van der Waals surface area contributed by atoms with Crippen molar-refractivity contribution >= 4 is 0 Å². The topological polar surface area (TPSA) is 51.2 Å². The number of hydrogen-bond donors (Lipinski definition) is 2. The Kier molecular flexibility index (Phi) is 2.46. The molecule has 0 aromatic carbocycles. The molecule has 0 radical (unpaired) electrons. The van der Waals surface area contributed by atoms with Crippen molar-refractivity contribution < 1.29 is 4.42 Å². The van der Waals surface area contributed by atoms with Crippen molar-refractivity contribution in [2.24, 2.45) is 5.84 Å². The smallest absolute Gasteiger partial charge is 0.105 e. The summed E-state index contributed by atoms with van der Waals surface area (Å²) in [6.07, 6.45) is 3.37. The molecule has 60 valence electrons. The van der Waals surface area contributed by atoms with Gasteiger partial charge >= 0.3 is 0 Å². The van der Waals surface area contributed by atoms with Gasteiger partial charge < -0.3 is 4.42 Å². The molecule has 0 aliphatic heterocycles. The minimum absolute atomic E-state index is 0.0197. The summed E-state index contributed by atoms with van der Waals surface area (Å²) in [6, 6.07) is 1.86. The molecule has 0 saturated carbocycles. The number of nitrogens with two attached hydrogens (primary N) is 1. The second-order valence-corrected chi connectivity index (χ2v) is 2.31. The van der Waals surface area contributed by atoms with Gasteiger partial charge in [-0.15, -0.1) is 6.58 Å². The van der Waals surface area contributed by atoms with Crippen molar-refractivity contribution in [3.63, 3.8) is 0 Å². The van der Waals surface area contributed by atoms with Crippen LogP contribution >= 0.6 is 0 Å². The van der Waals surface area contributed by atoms with Gasteiger partial charge in [0, 0.05) is 5.56 Å². The summed E-state index contributed by atoms with van der Waals surface area (Å²) in [5.74, 6) is 6.15. The zero-order valence-corrected chi connectivity index (χ0v) is 6.50. The number of hydrazine groups is 1. The summed E-state index contributed by atoms with van der Waals surface area (Å²) in [4.78, 5) is 0. The zero-order valence-electron chi connectivity index (χ0n) is 6.50. The molecular formula is C8H12N2O. The molecule has 1 aromatic rings. The highest BCUT2D eigenvalue weighted by Gasteiger charge is 2.09. The van der Waals surface area contributed by atoms with Crippen molar-refractivity contribution in [2.75, 3.05) is 0 Å². The van der Waals surface area contributed by atoms with Crippen molar-refractivity contribution in [1.82, 2.24) is 5.43 Å². The Labute approximate surface area is 65.9 Å². The van der Waals surface area contributed by atoms with Gasteiger partial charge in [0.25, 0.3) is 0 Å². The van der Waals surface area contributed by atoms with Crippen molar-refractivity contribution in [1.29, 1.82) is 0 Å². The summed E-state index contributed by atoms with van der Waals surface area (Å²) in [7, 11) is 0. The van der Waals surface area contributed by atoms with Crippen LogP contribution in [0, 0.1) is 6.92 Å². The van der Waals surface area contributed by atoms with Crippen LogP contribution in [0.3, 0.4) is 0 Å². The Morgan fingerprint density at radius 1 is 1.82 bits per heavy atom. The molecule has 0 spiro atoms. The predicted molar refractivity (Wildman–Crippen MR) is 43.7 cm³/mol. The molecule has 1 heterocycles. The molecule has 0 saturated heterocycles. The fraction of sp³-hybridized carbons (Fsp3) is 0.250. The second-order valence-electron chi connectivity index (χ2n) is 2.31. The third-order valence-electron chi connectivity index (χ3n) is 1.65. The molecule has 0 aliphatic rings. The monoisotopic (exact) mass is 152 g/mol. The molecule has 3 nitrogen and oxygen atoms in total. The molecule has 3 N–H and O–H groups in total. The van der Waals surface area contributed by atoms with Crippen LogP contribution in [0.1, 0.15) is 17.4 Å². The van der Waals surface area contributed by atoms with E-state index in [1.54, 1.807) is 12.3 Å². The lowest BCUT2D eigenvalue weighted by Crippen LogP contribution is -2.26. The first-order valence-corrected chi connectivity index (χ1v) is 3.42. The standard InChI is InChI=1S/C8H12N2O/c1-3-8(10-9)7-4-5-11-6(7)2/h3-5,8,10H,1,9H2,2H3. The molecule has 0 aliphatic carbocycles. The second kappa shape index (κ2) is 3.37. The van der Waals surface area contributed by atoms with Gasteiger partial charge in [-0.05, 0) is 13.0 Å². The van der Waals surface area contributed by atoms with E-state index in [-0.39, 0.29) is 6.04 Å². The van der Waals surface area contributed by atoms with Gasteiger partial charge in [0.05, 0.1) is 12.3 Å². The quantitative estimate of drug-likeness (QED) is 0.389. The lowest BCUT2D eigenvalue weighted by Gasteiger charge is -2.08. The van der Waals surface area contributed by atoms with E-state index in [1.165, 1.54) is 0 Å². The van der Waals surface area contributed by atoms with Crippen LogP contribution in [0.2, 0.25) is 0 Å². The molecule has 11 heavy (non-hydrogen) atoms. The van der Waals surface area contributed by atoms with Gasteiger partial charge in [0.1, 0.15) is 5.76 Å². The zero-order chi connectivity index (χ0) is 8.27. The van der Waals surface area contributed by atoms with E-state index in [9.17, 15) is 0 Å². The summed E-state index contributed by atoms with van der Waals surface area (Å²) in [5.41, 5.74) is 3.65. The molecule has 0 fully saturated rings. The third kappa shape index (κ3) is 1.50. The largest absolute Gasteiger partial charge is 0.469 e. The Morgan fingerprint density at radius 3 is 2.91 bits per heavy atom. The molecule has 0 amide bonds. The van der Waals surface area contributed by atoms with Crippen LogP contribution in [0.15, 0.2) is 29.4 Å². The Bertz CT molecular complexity index is 242. The van der Waals surface area contributed by atoms with E-state index in [0.29, 0.717) is 0 Å². The third-order valence-corrected chi connectivity index (χ3v) is 1.65. The normalized spacial score (nSPS) is 12.9. The molecule has 1 rings (SSSR count). The van der Waals surface area contributed by atoms with E-state index in [2.05, 4.69) is 12.0 Å². The van der Waals surface area contributed by atoms with E-state index >= 15 is 0 Å². The highest BCUT2D eigenvalue weighted by atomic mass is 16.3. The van der Waals surface area contributed by atoms with E-state index < -0.39 is 0 Å². The summed E-state index contributed by atoms with van der Waals surface area (Å²) in [6.45, 7) is 5.54. The minimum Gasteiger partial charge on any atom is -0.469 e. The minimum atomic E-state index is -0.0197. The van der Waals surface area contributed by atoms with Gasteiger partial charge in [0.15, 0.2) is 0 Å². The lowest BCUT2D eigenvalue weighted by atomic mass is 10.1.